The molecule has 2 N–H and O–H groups in total. The van der Waals surface area contributed by atoms with E-state index in [1.54, 1.807) is 48.5 Å². The van der Waals surface area contributed by atoms with Gasteiger partial charge in [0.05, 0.1) is 16.8 Å². The fourth-order valence-electron chi connectivity index (χ4n) is 2.40. The lowest BCUT2D eigenvalue weighted by Crippen LogP contribution is -2.20. The number of rotatable bonds is 7. The van der Waals surface area contributed by atoms with Gasteiger partial charge in [-0.1, -0.05) is 23.7 Å². The molecule has 0 aromatic heterocycles. The molecule has 0 radical (unpaired) electrons. The van der Waals surface area contributed by atoms with Gasteiger partial charge >= 0.3 is 0 Å². The average molecular weight is 426 g/mol. The van der Waals surface area contributed by atoms with Crippen LogP contribution in [0.2, 0.25) is 5.02 Å². The van der Waals surface area contributed by atoms with E-state index in [9.17, 15) is 14.0 Å². The van der Waals surface area contributed by atoms with Crippen molar-refractivity contribution in [3.63, 3.8) is 0 Å². The molecule has 0 saturated heterocycles. The molecule has 6 nitrogen and oxygen atoms in total. The van der Waals surface area contributed by atoms with Crippen molar-refractivity contribution in [1.29, 1.82) is 0 Å². The predicted octanol–water partition coefficient (Wildman–Crippen LogP) is 4.26. The van der Waals surface area contributed by atoms with Gasteiger partial charge in [-0.25, -0.2) is 9.82 Å². The molecular weight excluding hydrogens is 409 g/mol. The summed E-state index contributed by atoms with van der Waals surface area (Å²) in [6.45, 7) is -0.196. The molecule has 0 bridgehead atoms. The molecule has 0 heterocycles. The highest BCUT2D eigenvalue weighted by Crippen LogP contribution is 2.15. The van der Waals surface area contributed by atoms with Crippen LogP contribution < -0.4 is 15.5 Å². The summed E-state index contributed by atoms with van der Waals surface area (Å²) in [4.78, 5) is 23.9. The average Bonchev–Trinajstić information content (AvgIpc) is 2.75. The number of ether oxygens (including phenoxy) is 1. The molecule has 152 valence electrons. The van der Waals surface area contributed by atoms with E-state index in [0.29, 0.717) is 22.0 Å². The lowest BCUT2D eigenvalue weighted by atomic mass is 10.2. The fraction of sp³-hybridized carbons (Fsp3) is 0.0455. The van der Waals surface area contributed by atoms with Crippen LogP contribution in [-0.4, -0.2) is 24.6 Å². The van der Waals surface area contributed by atoms with Gasteiger partial charge in [0.25, 0.3) is 11.8 Å². The van der Waals surface area contributed by atoms with Gasteiger partial charge in [0.1, 0.15) is 11.6 Å². The maximum Gasteiger partial charge on any atom is 0.272 e. The highest BCUT2D eigenvalue weighted by molar-refractivity contribution is 6.33. The summed E-state index contributed by atoms with van der Waals surface area (Å²) < 4.78 is 18.3. The number of hydrazone groups is 1. The second-order valence-electron chi connectivity index (χ2n) is 6.09. The minimum Gasteiger partial charge on any atom is -0.484 e. The lowest BCUT2D eigenvalue weighted by Gasteiger charge is -2.07. The van der Waals surface area contributed by atoms with Gasteiger partial charge in [0, 0.05) is 5.69 Å². The number of amides is 2. The van der Waals surface area contributed by atoms with Gasteiger partial charge in [0.2, 0.25) is 0 Å². The SMILES string of the molecule is O=C(COc1ccc(/C=N/NC(=O)c2ccccc2Cl)cc1)Nc1ccc(F)cc1. The Hall–Kier alpha value is -3.71. The Morgan fingerprint density at radius 1 is 1.00 bits per heavy atom. The number of hydrogen-bond donors (Lipinski definition) is 2. The maximum atomic E-state index is 12.9. The normalized spacial score (nSPS) is 10.6. The van der Waals surface area contributed by atoms with Crippen molar-refractivity contribution in [3.05, 3.63) is 94.8 Å². The van der Waals surface area contributed by atoms with E-state index in [4.69, 9.17) is 16.3 Å². The van der Waals surface area contributed by atoms with Gasteiger partial charge in [-0.2, -0.15) is 5.10 Å². The molecule has 0 aliphatic rings. The van der Waals surface area contributed by atoms with Crippen molar-refractivity contribution in [1.82, 2.24) is 5.43 Å². The molecule has 3 aromatic rings. The minimum atomic E-state index is -0.413. The molecule has 0 unspecified atom stereocenters. The Balaban J connectivity index is 1.47. The van der Waals surface area contributed by atoms with Crippen molar-refractivity contribution in [2.75, 3.05) is 11.9 Å². The van der Waals surface area contributed by atoms with Crippen molar-refractivity contribution < 1.29 is 18.7 Å². The highest BCUT2D eigenvalue weighted by atomic mass is 35.5. The van der Waals surface area contributed by atoms with E-state index in [2.05, 4.69) is 15.8 Å². The molecule has 0 aliphatic heterocycles. The number of nitrogens with one attached hydrogen (secondary N) is 2. The van der Waals surface area contributed by atoms with E-state index in [-0.39, 0.29) is 18.3 Å². The zero-order valence-corrected chi connectivity index (χ0v) is 16.4. The Morgan fingerprint density at radius 2 is 1.70 bits per heavy atom. The van der Waals surface area contributed by atoms with Crippen molar-refractivity contribution in [2.24, 2.45) is 5.10 Å². The fourth-order valence-corrected chi connectivity index (χ4v) is 2.62. The van der Waals surface area contributed by atoms with Gasteiger partial charge in [-0.05, 0) is 66.2 Å². The third-order valence-electron chi connectivity index (χ3n) is 3.88. The first-order valence-corrected chi connectivity index (χ1v) is 9.25. The van der Waals surface area contributed by atoms with E-state index in [1.807, 2.05) is 0 Å². The summed E-state index contributed by atoms with van der Waals surface area (Å²) in [5.74, 6) is -0.670. The van der Waals surface area contributed by atoms with Gasteiger partial charge in [-0.3, -0.25) is 9.59 Å². The van der Waals surface area contributed by atoms with E-state index in [0.717, 1.165) is 5.56 Å². The zero-order valence-electron chi connectivity index (χ0n) is 15.6. The summed E-state index contributed by atoms with van der Waals surface area (Å²) in [5, 5.41) is 6.85. The van der Waals surface area contributed by atoms with Crippen LogP contribution in [0.4, 0.5) is 10.1 Å². The summed E-state index contributed by atoms with van der Waals surface area (Å²) >= 11 is 5.97. The van der Waals surface area contributed by atoms with Crippen LogP contribution in [0.3, 0.4) is 0 Å². The molecule has 0 spiro atoms. The molecule has 0 aliphatic carbocycles. The summed E-state index contributed by atoms with van der Waals surface area (Å²) in [7, 11) is 0. The summed E-state index contributed by atoms with van der Waals surface area (Å²) in [5.41, 5.74) is 3.94. The largest absolute Gasteiger partial charge is 0.484 e. The minimum absolute atomic E-state index is 0.196. The van der Waals surface area contributed by atoms with Crippen LogP contribution >= 0.6 is 11.6 Å². The number of anilines is 1. The Morgan fingerprint density at radius 3 is 2.40 bits per heavy atom. The van der Waals surface area contributed by atoms with Crippen LogP contribution in [0.5, 0.6) is 5.75 Å². The van der Waals surface area contributed by atoms with E-state index in [1.165, 1.54) is 30.5 Å². The highest BCUT2D eigenvalue weighted by Gasteiger charge is 2.08. The molecular formula is C22H17ClFN3O3. The number of benzene rings is 3. The first-order valence-electron chi connectivity index (χ1n) is 8.87. The van der Waals surface area contributed by atoms with Crippen molar-refractivity contribution in [2.45, 2.75) is 0 Å². The van der Waals surface area contributed by atoms with E-state index < -0.39 is 5.91 Å². The maximum absolute atomic E-state index is 12.9. The number of nitrogens with zero attached hydrogens (tertiary/aromatic N) is 1. The standard InChI is InChI=1S/C22H17ClFN3O3/c23-20-4-2-1-3-19(20)22(29)27-25-13-15-5-11-18(12-6-15)30-14-21(28)26-17-9-7-16(24)8-10-17/h1-13H,14H2,(H,26,28)(H,27,29)/b25-13+. The summed E-state index contributed by atoms with van der Waals surface area (Å²) in [6.07, 6.45) is 1.47. The van der Waals surface area contributed by atoms with Gasteiger partial charge < -0.3 is 10.1 Å². The zero-order chi connectivity index (χ0) is 21.3. The Kier molecular flexibility index (Phi) is 7.13. The van der Waals surface area contributed by atoms with Crippen molar-refractivity contribution in [3.8, 4) is 5.75 Å². The molecule has 3 rings (SSSR count). The summed E-state index contributed by atoms with van der Waals surface area (Å²) in [6, 6.07) is 18.9. The van der Waals surface area contributed by atoms with E-state index >= 15 is 0 Å². The molecule has 3 aromatic carbocycles. The van der Waals surface area contributed by atoms with Crippen LogP contribution in [0.15, 0.2) is 77.9 Å². The van der Waals surface area contributed by atoms with Gasteiger partial charge in [0.15, 0.2) is 6.61 Å². The first-order chi connectivity index (χ1) is 14.5. The number of carbonyl (C=O) groups excluding carboxylic acids is 2. The first kappa shape index (κ1) is 21.0. The quantitative estimate of drug-likeness (QED) is 0.438. The van der Waals surface area contributed by atoms with Crippen LogP contribution in [-0.2, 0) is 4.79 Å². The third-order valence-corrected chi connectivity index (χ3v) is 4.21. The van der Waals surface area contributed by atoms with Crippen molar-refractivity contribution >= 4 is 35.3 Å². The monoisotopic (exact) mass is 425 g/mol. The smallest absolute Gasteiger partial charge is 0.272 e. The van der Waals surface area contributed by atoms with Crippen LogP contribution in [0, 0.1) is 5.82 Å². The second kappa shape index (κ2) is 10.2. The molecule has 0 saturated carbocycles. The van der Waals surface area contributed by atoms with Crippen LogP contribution in [0.1, 0.15) is 15.9 Å². The molecule has 2 amide bonds. The molecule has 0 atom stereocenters. The number of hydrogen-bond acceptors (Lipinski definition) is 4. The van der Waals surface area contributed by atoms with Gasteiger partial charge in [-0.15, -0.1) is 0 Å². The Labute approximate surface area is 177 Å². The number of halogens is 2. The number of carbonyl (C=O) groups is 2. The van der Waals surface area contributed by atoms with Crippen LogP contribution in [0.25, 0.3) is 0 Å². The molecule has 30 heavy (non-hydrogen) atoms. The molecule has 0 fully saturated rings. The predicted molar refractivity (Wildman–Crippen MR) is 113 cm³/mol. The third kappa shape index (κ3) is 6.15. The molecule has 8 heteroatoms. The topological polar surface area (TPSA) is 79.8 Å². The second-order valence-corrected chi connectivity index (χ2v) is 6.50. The Bertz CT molecular complexity index is 1050. The lowest BCUT2D eigenvalue weighted by molar-refractivity contribution is -0.118.